The van der Waals surface area contributed by atoms with Crippen molar-refractivity contribution in [2.24, 2.45) is 0 Å². The Balaban J connectivity index is 1.95. The van der Waals surface area contributed by atoms with Gasteiger partial charge in [0.25, 0.3) is 0 Å². The lowest BCUT2D eigenvalue weighted by atomic mass is 10.1. The molecule has 0 aliphatic rings. The highest BCUT2D eigenvalue weighted by Crippen LogP contribution is 2.21. The van der Waals surface area contributed by atoms with E-state index in [0.29, 0.717) is 5.75 Å². The minimum atomic E-state index is 0.0721. The first kappa shape index (κ1) is 14.2. The molecule has 1 aromatic heterocycles. The van der Waals surface area contributed by atoms with Crippen LogP contribution < -0.4 is 10.1 Å². The van der Waals surface area contributed by atoms with Crippen molar-refractivity contribution in [2.75, 3.05) is 6.61 Å². The SMILES string of the molecule is CC(N[C@H](C)c1ccco1)c1ccc(OCC#N)cc1. The number of furan rings is 1. The zero-order valence-electron chi connectivity index (χ0n) is 11.7. The van der Waals surface area contributed by atoms with Gasteiger partial charge in [0.15, 0.2) is 6.61 Å². The van der Waals surface area contributed by atoms with E-state index in [9.17, 15) is 0 Å². The zero-order valence-corrected chi connectivity index (χ0v) is 11.7. The quantitative estimate of drug-likeness (QED) is 0.871. The minimum Gasteiger partial charge on any atom is -0.479 e. The van der Waals surface area contributed by atoms with Crippen LogP contribution in [-0.2, 0) is 0 Å². The summed E-state index contributed by atoms with van der Waals surface area (Å²) < 4.78 is 10.6. The summed E-state index contributed by atoms with van der Waals surface area (Å²) in [7, 11) is 0. The van der Waals surface area contributed by atoms with Crippen molar-refractivity contribution < 1.29 is 9.15 Å². The fourth-order valence-electron chi connectivity index (χ4n) is 2.06. The molecule has 1 N–H and O–H groups in total. The number of benzene rings is 1. The summed E-state index contributed by atoms with van der Waals surface area (Å²) in [5.41, 5.74) is 1.16. The molecule has 1 aromatic carbocycles. The minimum absolute atomic E-state index is 0.0721. The zero-order chi connectivity index (χ0) is 14.4. The van der Waals surface area contributed by atoms with E-state index in [1.54, 1.807) is 6.26 Å². The molecule has 2 rings (SSSR count). The first-order valence-electron chi connectivity index (χ1n) is 6.60. The molecule has 0 spiro atoms. The van der Waals surface area contributed by atoms with E-state index in [-0.39, 0.29) is 18.7 Å². The molecular formula is C16H18N2O2. The number of nitriles is 1. The lowest BCUT2D eigenvalue weighted by Gasteiger charge is -2.19. The van der Waals surface area contributed by atoms with E-state index in [1.165, 1.54) is 0 Å². The van der Waals surface area contributed by atoms with E-state index < -0.39 is 0 Å². The maximum atomic E-state index is 8.47. The Morgan fingerprint density at radius 2 is 1.95 bits per heavy atom. The van der Waals surface area contributed by atoms with Crippen LogP contribution in [0.2, 0.25) is 0 Å². The second-order valence-electron chi connectivity index (χ2n) is 4.64. The van der Waals surface area contributed by atoms with Crippen molar-refractivity contribution in [3.63, 3.8) is 0 Å². The van der Waals surface area contributed by atoms with Gasteiger partial charge in [0.05, 0.1) is 12.3 Å². The Bertz CT molecular complexity index is 555. The monoisotopic (exact) mass is 270 g/mol. The first-order chi connectivity index (χ1) is 9.70. The summed E-state index contributed by atoms with van der Waals surface area (Å²) in [6.07, 6.45) is 1.68. The Hall–Kier alpha value is -2.25. The summed E-state index contributed by atoms with van der Waals surface area (Å²) in [4.78, 5) is 0. The van der Waals surface area contributed by atoms with Crippen molar-refractivity contribution in [2.45, 2.75) is 25.9 Å². The molecule has 104 valence electrons. The molecule has 1 unspecified atom stereocenters. The molecule has 0 amide bonds. The summed E-state index contributed by atoms with van der Waals surface area (Å²) in [6.45, 7) is 4.24. The molecule has 1 heterocycles. The average Bonchev–Trinajstić information content (AvgIpc) is 3.00. The molecule has 2 atom stereocenters. The number of hydrogen-bond acceptors (Lipinski definition) is 4. The van der Waals surface area contributed by atoms with E-state index in [0.717, 1.165) is 11.3 Å². The van der Waals surface area contributed by atoms with Gasteiger partial charge in [0, 0.05) is 6.04 Å². The van der Waals surface area contributed by atoms with Crippen molar-refractivity contribution in [3.8, 4) is 11.8 Å². The Morgan fingerprint density at radius 3 is 2.55 bits per heavy atom. The number of nitrogens with one attached hydrogen (secondary N) is 1. The number of hydrogen-bond donors (Lipinski definition) is 1. The first-order valence-corrected chi connectivity index (χ1v) is 6.60. The highest BCUT2D eigenvalue weighted by Gasteiger charge is 2.12. The summed E-state index contributed by atoms with van der Waals surface area (Å²) in [6, 6.07) is 13.9. The molecule has 4 heteroatoms. The highest BCUT2D eigenvalue weighted by molar-refractivity contribution is 5.29. The topological polar surface area (TPSA) is 58.2 Å². The van der Waals surface area contributed by atoms with Gasteiger partial charge < -0.3 is 14.5 Å². The average molecular weight is 270 g/mol. The van der Waals surface area contributed by atoms with Gasteiger partial charge in [-0.15, -0.1) is 0 Å². The molecule has 0 aliphatic heterocycles. The molecule has 0 saturated carbocycles. The van der Waals surface area contributed by atoms with Crippen LogP contribution in [0.25, 0.3) is 0 Å². The fraction of sp³-hybridized carbons (Fsp3) is 0.312. The fourth-order valence-corrected chi connectivity index (χ4v) is 2.06. The van der Waals surface area contributed by atoms with Crippen LogP contribution in [-0.4, -0.2) is 6.61 Å². The van der Waals surface area contributed by atoms with Gasteiger partial charge in [-0.1, -0.05) is 12.1 Å². The lowest BCUT2D eigenvalue weighted by molar-refractivity contribution is 0.367. The van der Waals surface area contributed by atoms with Crippen molar-refractivity contribution in [3.05, 3.63) is 54.0 Å². The van der Waals surface area contributed by atoms with Crippen molar-refractivity contribution >= 4 is 0 Å². The van der Waals surface area contributed by atoms with E-state index in [1.807, 2.05) is 42.5 Å². The molecule has 0 fully saturated rings. The van der Waals surface area contributed by atoms with Gasteiger partial charge in [0.2, 0.25) is 0 Å². The molecular weight excluding hydrogens is 252 g/mol. The second kappa shape index (κ2) is 6.78. The van der Waals surface area contributed by atoms with Gasteiger partial charge in [0.1, 0.15) is 17.6 Å². The van der Waals surface area contributed by atoms with Gasteiger partial charge in [-0.2, -0.15) is 5.26 Å². The Morgan fingerprint density at radius 1 is 1.20 bits per heavy atom. The Labute approximate surface area is 119 Å². The predicted molar refractivity (Wildman–Crippen MR) is 76.2 cm³/mol. The molecule has 0 radical (unpaired) electrons. The molecule has 0 bridgehead atoms. The predicted octanol–water partition coefficient (Wildman–Crippen LogP) is 3.59. The Kier molecular flexibility index (Phi) is 4.80. The van der Waals surface area contributed by atoms with Crippen LogP contribution in [0.15, 0.2) is 47.1 Å². The molecule has 4 nitrogen and oxygen atoms in total. The number of nitrogens with zero attached hydrogens (tertiary/aromatic N) is 1. The van der Waals surface area contributed by atoms with E-state index >= 15 is 0 Å². The maximum absolute atomic E-state index is 8.47. The van der Waals surface area contributed by atoms with Gasteiger partial charge in [-0.25, -0.2) is 0 Å². The standard InChI is InChI=1S/C16H18N2O2/c1-12(18-13(2)16-4-3-10-20-16)14-5-7-15(8-6-14)19-11-9-17/h3-8,10,12-13,18H,11H2,1-2H3/t12?,13-/m1/s1. The summed E-state index contributed by atoms with van der Waals surface area (Å²) in [5, 5.41) is 11.9. The third-order valence-corrected chi connectivity index (χ3v) is 3.15. The van der Waals surface area contributed by atoms with Crippen molar-refractivity contribution in [1.82, 2.24) is 5.32 Å². The lowest BCUT2D eigenvalue weighted by Crippen LogP contribution is -2.22. The summed E-state index contributed by atoms with van der Waals surface area (Å²) >= 11 is 0. The molecule has 0 saturated heterocycles. The van der Waals surface area contributed by atoms with Gasteiger partial charge in [-0.05, 0) is 43.7 Å². The third kappa shape index (κ3) is 3.62. The van der Waals surface area contributed by atoms with Crippen LogP contribution in [0.5, 0.6) is 5.75 Å². The molecule has 2 aromatic rings. The van der Waals surface area contributed by atoms with Crippen LogP contribution >= 0.6 is 0 Å². The number of ether oxygens (including phenoxy) is 1. The van der Waals surface area contributed by atoms with Crippen LogP contribution in [0.3, 0.4) is 0 Å². The van der Waals surface area contributed by atoms with E-state index in [4.69, 9.17) is 14.4 Å². The molecule has 20 heavy (non-hydrogen) atoms. The van der Waals surface area contributed by atoms with Crippen LogP contribution in [0, 0.1) is 11.3 Å². The highest BCUT2D eigenvalue weighted by atomic mass is 16.5. The third-order valence-electron chi connectivity index (χ3n) is 3.15. The maximum Gasteiger partial charge on any atom is 0.174 e. The smallest absolute Gasteiger partial charge is 0.174 e. The number of rotatable bonds is 6. The van der Waals surface area contributed by atoms with Crippen LogP contribution in [0.4, 0.5) is 0 Å². The molecule has 0 aliphatic carbocycles. The van der Waals surface area contributed by atoms with Crippen molar-refractivity contribution in [1.29, 1.82) is 5.26 Å². The van der Waals surface area contributed by atoms with Crippen LogP contribution in [0.1, 0.15) is 37.3 Å². The second-order valence-corrected chi connectivity index (χ2v) is 4.64. The van der Waals surface area contributed by atoms with Gasteiger partial charge in [-0.3, -0.25) is 0 Å². The normalized spacial score (nSPS) is 13.4. The van der Waals surface area contributed by atoms with E-state index in [2.05, 4.69) is 19.2 Å². The summed E-state index contributed by atoms with van der Waals surface area (Å²) in [5.74, 6) is 1.63. The largest absolute Gasteiger partial charge is 0.479 e. The van der Waals surface area contributed by atoms with Gasteiger partial charge >= 0.3 is 0 Å².